The van der Waals surface area contributed by atoms with E-state index in [1.165, 1.54) is 29.8 Å². The van der Waals surface area contributed by atoms with Crippen molar-refractivity contribution < 1.29 is 22.5 Å². The molecule has 1 fully saturated rings. The van der Waals surface area contributed by atoms with Crippen molar-refractivity contribution in [2.24, 2.45) is 7.05 Å². The average Bonchev–Trinajstić information content (AvgIpc) is 3.44. The third-order valence-corrected chi connectivity index (χ3v) is 6.93. The van der Waals surface area contributed by atoms with Crippen molar-refractivity contribution in [1.29, 1.82) is 0 Å². The zero-order chi connectivity index (χ0) is 22.3. The summed E-state index contributed by atoms with van der Waals surface area (Å²) in [6, 6.07) is 5.99. The van der Waals surface area contributed by atoms with Crippen LogP contribution >= 0.6 is 0 Å². The Morgan fingerprint density at radius 3 is 2.47 bits per heavy atom. The van der Waals surface area contributed by atoms with E-state index in [2.05, 4.69) is 10.0 Å². The van der Waals surface area contributed by atoms with E-state index < -0.39 is 40.5 Å². The van der Waals surface area contributed by atoms with Crippen molar-refractivity contribution in [2.75, 3.05) is 16.6 Å². The van der Waals surface area contributed by atoms with Gasteiger partial charge < -0.3 is 15.1 Å². The van der Waals surface area contributed by atoms with Gasteiger partial charge >= 0.3 is 0 Å². The molecule has 164 valence electrons. The zero-order valence-electron chi connectivity index (χ0n) is 16.9. The quantitative estimate of drug-likeness (QED) is 0.583. The van der Waals surface area contributed by atoms with Gasteiger partial charge in [-0.05, 0) is 50.5 Å². The van der Waals surface area contributed by atoms with Gasteiger partial charge in [0.1, 0.15) is 29.2 Å². The highest BCUT2D eigenvalue weighted by molar-refractivity contribution is 7.88. The molecule has 3 N–H and O–H groups in total. The fourth-order valence-corrected chi connectivity index (χ4v) is 4.66. The highest BCUT2D eigenvalue weighted by Crippen LogP contribution is 2.49. The lowest BCUT2D eigenvalue weighted by Gasteiger charge is -2.23. The van der Waals surface area contributed by atoms with E-state index in [1.54, 1.807) is 19.9 Å². The highest BCUT2D eigenvalue weighted by atomic mass is 32.2. The second kappa shape index (κ2) is 8.07. The molecule has 1 heterocycles. The fourth-order valence-electron chi connectivity index (χ4n) is 3.27. The number of benzene rings is 1. The molecular formula is C20H24F3N3O3S. The molecule has 0 saturated heterocycles. The first-order valence-electron chi connectivity index (χ1n) is 9.39. The van der Waals surface area contributed by atoms with Gasteiger partial charge in [0.2, 0.25) is 0 Å². The summed E-state index contributed by atoms with van der Waals surface area (Å²) in [5.41, 5.74) is 1.07. The Morgan fingerprint density at radius 2 is 1.90 bits per heavy atom. The minimum atomic E-state index is -3.33. The number of nitrogens with one attached hydrogen (secondary N) is 2. The molecule has 0 bridgehead atoms. The van der Waals surface area contributed by atoms with Gasteiger partial charge in [0.15, 0.2) is 0 Å². The van der Waals surface area contributed by atoms with Gasteiger partial charge in [0.05, 0.1) is 16.1 Å². The van der Waals surface area contributed by atoms with Crippen molar-refractivity contribution in [3.63, 3.8) is 0 Å². The van der Waals surface area contributed by atoms with Crippen LogP contribution in [0.4, 0.5) is 30.4 Å². The van der Waals surface area contributed by atoms with Crippen molar-refractivity contribution in [3.8, 4) is 0 Å². The van der Waals surface area contributed by atoms with Crippen molar-refractivity contribution >= 4 is 28.2 Å². The topological polar surface area (TPSA) is 83.4 Å². The number of hydrogen-bond donors (Lipinski definition) is 3. The highest BCUT2D eigenvalue weighted by Gasteiger charge is 2.55. The lowest BCUT2D eigenvalue weighted by Crippen LogP contribution is -2.34. The maximum Gasteiger partial charge on any atom is 0.272 e. The van der Waals surface area contributed by atoms with Crippen LogP contribution in [0.25, 0.3) is 0 Å². The Bertz CT molecular complexity index is 1050. The summed E-state index contributed by atoms with van der Waals surface area (Å²) >= 11 is 0. The maximum absolute atomic E-state index is 14.3. The summed E-state index contributed by atoms with van der Waals surface area (Å²) in [6.07, 6.45) is -0.0686. The Balaban J connectivity index is 1.95. The van der Waals surface area contributed by atoms with Crippen LogP contribution < -0.4 is 15.6 Å². The second-order valence-electron chi connectivity index (χ2n) is 7.81. The van der Waals surface area contributed by atoms with Crippen LogP contribution in [-0.2, 0) is 18.0 Å². The number of alkyl halides is 2. The van der Waals surface area contributed by atoms with Crippen LogP contribution in [0.1, 0.15) is 30.4 Å². The molecule has 1 aromatic carbocycles. The number of aliphatic hydroxyl groups is 1. The van der Waals surface area contributed by atoms with Crippen LogP contribution in [0.2, 0.25) is 0 Å². The van der Waals surface area contributed by atoms with Crippen LogP contribution in [0, 0.1) is 19.7 Å². The molecule has 0 aliphatic heterocycles. The van der Waals surface area contributed by atoms with E-state index in [4.69, 9.17) is 5.11 Å². The Morgan fingerprint density at radius 1 is 1.23 bits per heavy atom. The summed E-state index contributed by atoms with van der Waals surface area (Å²) < 4.78 is 57.5. The number of hydrogen-bond acceptors (Lipinski definition) is 4. The number of aryl methyl sites for hydroxylation is 2. The average molecular weight is 443 g/mol. The normalized spacial score (nSPS) is 16.2. The third-order valence-electron chi connectivity index (χ3n) is 5.19. The monoisotopic (exact) mass is 443 g/mol. The number of halogens is 3. The summed E-state index contributed by atoms with van der Waals surface area (Å²) in [5, 5.41) is 11.7. The van der Waals surface area contributed by atoms with Gasteiger partial charge in [-0.1, -0.05) is 6.07 Å². The van der Waals surface area contributed by atoms with E-state index in [0.717, 1.165) is 5.56 Å². The first-order chi connectivity index (χ1) is 14.0. The van der Waals surface area contributed by atoms with Crippen molar-refractivity contribution in [3.05, 3.63) is 51.6 Å². The van der Waals surface area contributed by atoms with E-state index in [1.807, 2.05) is 0 Å². The SMILES string of the molecule is Cc1ccc(Nc2c(NS(=O)C3(CC(F)(F)CO)CC3)cc(C)c(=O)n2C)c(F)c1. The molecule has 1 aromatic heterocycles. The summed E-state index contributed by atoms with van der Waals surface area (Å²) in [5.74, 6) is -3.71. The number of aromatic nitrogens is 1. The molecule has 1 aliphatic carbocycles. The number of nitrogens with zero attached hydrogens (tertiary/aromatic N) is 1. The van der Waals surface area contributed by atoms with E-state index in [0.29, 0.717) is 18.4 Å². The van der Waals surface area contributed by atoms with Crippen LogP contribution in [0.5, 0.6) is 0 Å². The van der Waals surface area contributed by atoms with Crippen LogP contribution in [0.3, 0.4) is 0 Å². The van der Waals surface area contributed by atoms with Crippen molar-refractivity contribution in [1.82, 2.24) is 4.57 Å². The lowest BCUT2D eigenvalue weighted by atomic mass is 10.2. The van der Waals surface area contributed by atoms with E-state index in [9.17, 15) is 22.2 Å². The third kappa shape index (κ3) is 4.54. The van der Waals surface area contributed by atoms with Crippen LogP contribution in [-0.4, -0.2) is 31.2 Å². The van der Waals surface area contributed by atoms with Gasteiger partial charge in [-0.3, -0.25) is 9.36 Å². The smallest absolute Gasteiger partial charge is 0.272 e. The molecule has 0 amide bonds. The van der Waals surface area contributed by atoms with Gasteiger partial charge in [0.25, 0.3) is 11.5 Å². The molecule has 6 nitrogen and oxygen atoms in total. The van der Waals surface area contributed by atoms with Gasteiger partial charge in [-0.25, -0.2) is 17.4 Å². The molecule has 1 atom stereocenters. The summed E-state index contributed by atoms with van der Waals surface area (Å²) in [7, 11) is -0.432. The number of rotatable bonds is 8. The minimum Gasteiger partial charge on any atom is -0.390 e. The summed E-state index contributed by atoms with van der Waals surface area (Å²) in [4.78, 5) is 12.4. The molecule has 1 saturated carbocycles. The standard InChI is InChI=1S/C20H24F3N3O3S/c1-12-4-5-15(14(21)8-12)24-17-16(9-13(2)18(28)26(17)3)25-30(29)19(6-7-19)10-20(22,23)11-27/h4-5,8-9,24-25,27H,6-7,10-11H2,1-3H3. The molecule has 3 rings (SSSR count). The number of anilines is 3. The Hall–Kier alpha value is -2.33. The second-order valence-corrected chi connectivity index (χ2v) is 9.41. The first-order valence-corrected chi connectivity index (χ1v) is 10.5. The van der Waals surface area contributed by atoms with Crippen LogP contribution in [0.15, 0.2) is 29.1 Å². The predicted octanol–water partition coefficient (Wildman–Crippen LogP) is 3.51. The number of pyridine rings is 1. The Kier molecular flexibility index (Phi) is 6.01. The molecule has 0 radical (unpaired) electrons. The lowest BCUT2D eigenvalue weighted by molar-refractivity contribution is -0.0579. The largest absolute Gasteiger partial charge is 0.390 e. The van der Waals surface area contributed by atoms with Gasteiger partial charge in [-0.15, -0.1) is 0 Å². The molecule has 10 heteroatoms. The summed E-state index contributed by atoms with van der Waals surface area (Å²) in [6.45, 7) is 1.99. The van der Waals surface area contributed by atoms with E-state index >= 15 is 0 Å². The van der Waals surface area contributed by atoms with Gasteiger partial charge in [0, 0.05) is 19.0 Å². The predicted molar refractivity (Wildman–Crippen MR) is 111 cm³/mol. The minimum absolute atomic E-state index is 0.112. The van der Waals surface area contributed by atoms with Gasteiger partial charge in [-0.2, -0.15) is 0 Å². The molecule has 1 aliphatic rings. The molecular weight excluding hydrogens is 419 g/mol. The molecule has 0 spiro atoms. The van der Waals surface area contributed by atoms with Crippen molar-refractivity contribution in [2.45, 2.75) is 43.8 Å². The first kappa shape index (κ1) is 22.4. The number of aliphatic hydroxyl groups excluding tert-OH is 1. The molecule has 2 aromatic rings. The molecule has 30 heavy (non-hydrogen) atoms. The zero-order valence-corrected chi connectivity index (χ0v) is 17.7. The Labute approximate surface area is 174 Å². The molecule has 1 unspecified atom stereocenters. The van der Waals surface area contributed by atoms with E-state index in [-0.39, 0.29) is 22.8 Å². The fraction of sp³-hybridized carbons (Fsp3) is 0.450. The maximum atomic E-state index is 14.3.